The van der Waals surface area contributed by atoms with Crippen LogP contribution in [0.2, 0.25) is 0 Å². The van der Waals surface area contributed by atoms with E-state index >= 15 is 0 Å². The number of likely N-dealkylation sites (tertiary alicyclic amines) is 1. The third-order valence-electron chi connectivity index (χ3n) is 6.97. The summed E-state index contributed by atoms with van der Waals surface area (Å²) in [4.78, 5) is 17.5. The largest absolute Gasteiger partial charge is 0.451 e. The first kappa shape index (κ1) is 19.9. The van der Waals surface area contributed by atoms with Crippen LogP contribution in [-0.2, 0) is 12.0 Å². The van der Waals surface area contributed by atoms with Crippen molar-refractivity contribution in [2.24, 2.45) is 5.73 Å². The van der Waals surface area contributed by atoms with E-state index in [4.69, 9.17) is 10.2 Å². The highest BCUT2D eigenvalue weighted by Gasteiger charge is 2.45. The van der Waals surface area contributed by atoms with E-state index in [1.54, 1.807) is 6.07 Å². The molecule has 2 aliphatic rings. The Morgan fingerprint density at radius 1 is 1.06 bits per heavy atom. The van der Waals surface area contributed by atoms with Crippen molar-refractivity contribution in [3.63, 3.8) is 0 Å². The van der Waals surface area contributed by atoms with Gasteiger partial charge in [-0.25, -0.2) is 0 Å². The second kappa shape index (κ2) is 7.89. The van der Waals surface area contributed by atoms with Gasteiger partial charge in [0.15, 0.2) is 5.76 Å². The second-order valence-electron chi connectivity index (χ2n) is 8.67. The van der Waals surface area contributed by atoms with Crippen LogP contribution >= 0.6 is 0 Å². The highest BCUT2D eigenvalue weighted by Crippen LogP contribution is 2.47. The SMILES string of the molecule is CCN1CC2(CCN(C(=O)c3ccc(-c4ccccc4)o3)CC2)c2cc(CN)ccc21. The Kier molecular flexibility index (Phi) is 5.06. The monoisotopic (exact) mass is 415 g/mol. The fourth-order valence-corrected chi connectivity index (χ4v) is 5.16. The minimum atomic E-state index is -0.0155. The molecule has 0 unspecified atom stereocenters. The Morgan fingerprint density at radius 3 is 2.55 bits per heavy atom. The Hall–Kier alpha value is -3.05. The summed E-state index contributed by atoms with van der Waals surface area (Å²) in [6, 6.07) is 20.2. The molecule has 0 atom stereocenters. The normalized spacial score (nSPS) is 17.2. The molecule has 2 aliphatic heterocycles. The van der Waals surface area contributed by atoms with Crippen molar-refractivity contribution in [3.8, 4) is 11.3 Å². The maximum Gasteiger partial charge on any atom is 0.289 e. The maximum atomic E-state index is 13.1. The van der Waals surface area contributed by atoms with Crippen molar-refractivity contribution >= 4 is 11.6 Å². The molecular formula is C26H29N3O2. The van der Waals surface area contributed by atoms with Gasteiger partial charge >= 0.3 is 0 Å². The Balaban J connectivity index is 1.33. The number of piperidine rings is 1. The van der Waals surface area contributed by atoms with E-state index in [2.05, 4.69) is 30.0 Å². The third-order valence-corrected chi connectivity index (χ3v) is 6.97. The number of hydrogen-bond donors (Lipinski definition) is 1. The zero-order chi connectivity index (χ0) is 21.4. The summed E-state index contributed by atoms with van der Waals surface area (Å²) >= 11 is 0. The predicted molar refractivity (Wildman–Crippen MR) is 123 cm³/mol. The topological polar surface area (TPSA) is 62.7 Å². The molecule has 1 aromatic heterocycles. The highest BCUT2D eigenvalue weighted by molar-refractivity contribution is 5.92. The van der Waals surface area contributed by atoms with Gasteiger partial charge in [0.2, 0.25) is 0 Å². The molecule has 0 bridgehead atoms. The lowest BCUT2D eigenvalue weighted by molar-refractivity contribution is 0.0643. The van der Waals surface area contributed by atoms with Crippen molar-refractivity contribution < 1.29 is 9.21 Å². The molecular weight excluding hydrogens is 386 g/mol. The van der Waals surface area contributed by atoms with Crippen LogP contribution in [0.1, 0.15) is 41.4 Å². The van der Waals surface area contributed by atoms with Crippen molar-refractivity contribution in [3.05, 3.63) is 77.6 Å². The van der Waals surface area contributed by atoms with Crippen molar-refractivity contribution in [1.82, 2.24) is 4.90 Å². The van der Waals surface area contributed by atoms with Gasteiger partial charge in [0.25, 0.3) is 5.91 Å². The molecule has 1 saturated heterocycles. The van der Waals surface area contributed by atoms with Gasteiger partial charge in [-0.15, -0.1) is 0 Å². The van der Waals surface area contributed by atoms with E-state index < -0.39 is 0 Å². The van der Waals surface area contributed by atoms with Gasteiger partial charge in [-0.05, 0) is 49.1 Å². The average Bonchev–Trinajstić information content (AvgIpc) is 3.43. The summed E-state index contributed by atoms with van der Waals surface area (Å²) in [6.07, 6.45) is 1.92. The van der Waals surface area contributed by atoms with Crippen LogP contribution in [-0.4, -0.2) is 37.0 Å². The van der Waals surface area contributed by atoms with Crippen LogP contribution in [0.25, 0.3) is 11.3 Å². The number of nitrogens with zero attached hydrogens (tertiary/aromatic N) is 2. The molecule has 0 aliphatic carbocycles. The molecule has 3 aromatic rings. The Morgan fingerprint density at radius 2 is 1.84 bits per heavy atom. The summed E-state index contributed by atoms with van der Waals surface area (Å²) in [7, 11) is 0. The minimum Gasteiger partial charge on any atom is -0.451 e. The van der Waals surface area contributed by atoms with Gasteiger partial charge in [0.05, 0.1) is 0 Å². The van der Waals surface area contributed by atoms with Crippen LogP contribution in [0, 0.1) is 0 Å². The molecule has 3 heterocycles. The molecule has 1 amide bonds. The lowest BCUT2D eigenvalue weighted by Gasteiger charge is -2.39. The first-order valence-corrected chi connectivity index (χ1v) is 11.2. The molecule has 0 radical (unpaired) electrons. The molecule has 0 saturated carbocycles. The minimum absolute atomic E-state index is 0.0155. The number of fused-ring (bicyclic) bond motifs is 2. The highest BCUT2D eigenvalue weighted by atomic mass is 16.4. The fraction of sp³-hybridized carbons (Fsp3) is 0.346. The standard InChI is InChI=1S/C26H29N3O2/c1-2-28-18-26(21-16-19(17-27)8-9-22(21)28)12-14-29(15-13-26)25(30)24-11-10-23(31-24)20-6-4-3-5-7-20/h3-11,16H,2,12-15,17-18,27H2,1H3. The molecule has 2 N–H and O–H groups in total. The van der Waals surface area contributed by atoms with Crippen molar-refractivity contribution in [1.29, 1.82) is 0 Å². The van der Waals surface area contributed by atoms with Gasteiger partial charge in [-0.2, -0.15) is 0 Å². The van der Waals surface area contributed by atoms with E-state index in [1.165, 1.54) is 16.8 Å². The maximum absolute atomic E-state index is 13.1. The van der Waals surface area contributed by atoms with Crippen molar-refractivity contribution in [2.45, 2.75) is 31.7 Å². The second-order valence-corrected chi connectivity index (χ2v) is 8.67. The number of anilines is 1. The van der Waals surface area contributed by atoms with E-state index in [1.807, 2.05) is 41.3 Å². The molecule has 5 nitrogen and oxygen atoms in total. The Labute approximate surface area is 183 Å². The van der Waals surface area contributed by atoms with Crippen LogP contribution in [0.15, 0.2) is 65.1 Å². The summed E-state index contributed by atoms with van der Waals surface area (Å²) in [5.74, 6) is 1.13. The predicted octanol–water partition coefficient (Wildman–Crippen LogP) is 4.42. The number of rotatable bonds is 4. The average molecular weight is 416 g/mol. The van der Waals surface area contributed by atoms with E-state index in [-0.39, 0.29) is 11.3 Å². The molecule has 5 rings (SSSR count). The summed E-state index contributed by atoms with van der Waals surface area (Å²) in [6.45, 7) is 6.26. The van der Waals surface area contributed by atoms with Crippen LogP contribution < -0.4 is 10.6 Å². The van der Waals surface area contributed by atoms with E-state index in [9.17, 15) is 4.79 Å². The number of likely N-dealkylation sites (N-methyl/N-ethyl adjacent to an activating group) is 1. The number of amides is 1. The zero-order valence-corrected chi connectivity index (χ0v) is 18.0. The molecule has 1 fully saturated rings. The van der Waals surface area contributed by atoms with E-state index in [0.29, 0.717) is 12.3 Å². The third kappa shape index (κ3) is 3.43. The summed E-state index contributed by atoms with van der Waals surface area (Å²) in [5, 5.41) is 0. The van der Waals surface area contributed by atoms with Gasteiger partial charge in [-0.3, -0.25) is 4.79 Å². The molecule has 5 heteroatoms. The lowest BCUT2D eigenvalue weighted by Crippen LogP contribution is -2.47. The van der Waals surface area contributed by atoms with Crippen LogP contribution in [0.3, 0.4) is 0 Å². The summed E-state index contributed by atoms with van der Waals surface area (Å²) in [5.41, 5.74) is 10.9. The quantitative estimate of drug-likeness (QED) is 0.685. The van der Waals surface area contributed by atoms with Gasteiger partial charge in [-0.1, -0.05) is 42.5 Å². The first-order valence-electron chi connectivity index (χ1n) is 11.2. The van der Waals surface area contributed by atoms with Crippen LogP contribution in [0.4, 0.5) is 5.69 Å². The number of hydrogen-bond acceptors (Lipinski definition) is 4. The molecule has 160 valence electrons. The van der Waals surface area contributed by atoms with Gasteiger partial charge in [0, 0.05) is 49.4 Å². The molecule has 1 spiro atoms. The van der Waals surface area contributed by atoms with E-state index in [0.717, 1.165) is 50.3 Å². The fourth-order valence-electron chi connectivity index (χ4n) is 5.16. The Bertz CT molecular complexity index is 1080. The van der Waals surface area contributed by atoms with Gasteiger partial charge < -0.3 is 20.0 Å². The van der Waals surface area contributed by atoms with Crippen LogP contribution in [0.5, 0.6) is 0 Å². The number of furan rings is 1. The zero-order valence-electron chi connectivity index (χ0n) is 18.0. The number of carbonyl (C=O) groups is 1. The molecule has 2 aromatic carbocycles. The van der Waals surface area contributed by atoms with Gasteiger partial charge in [0.1, 0.15) is 5.76 Å². The number of nitrogens with two attached hydrogens (primary N) is 1. The number of carbonyl (C=O) groups excluding carboxylic acids is 1. The number of benzene rings is 2. The lowest BCUT2D eigenvalue weighted by atomic mass is 9.74. The summed E-state index contributed by atoms with van der Waals surface area (Å²) < 4.78 is 5.91. The van der Waals surface area contributed by atoms with Crippen molar-refractivity contribution in [2.75, 3.05) is 31.1 Å². The smallest absolute Gasteiger partial charge is 0.289 e. The first-order chi connectivity index (χ1) is 15.1. The molecule has 31 heavy (non-hydrogen) atoms.